The highest BCUT2D eigenvalue weighted by Crippen LogP contribution is 2.23. The highest BCUT2D eigenvalue weighted by molar-refractivity contribution is 8.00. The molecular weight excluding hydrogens is 344 g/mol. The van der Waals surface area contributed by atoms with Gasteiger partial charge in [-0.05, 0) is 18.2 Å². The third kappa shape index (κ3) is 7.38. The standard InChI is InChI=1S/C14H21ClN2O3S2/c1-14(2,3)21-8-7-16-13(18)11-9-10(5-6-12(11)15)17-22(4,19)20/h5-6,9,17H,7-8H2,1-4H3,(H,16,18). The first-order valence-electron chi connectivity index (χ1n) is 6.67. The summed E-state index contributed by atoms with van der Waals surface area (Å²) in [6, 6.07) is 4.43. The van der Waals surface area contributed by atoms with Gasteiger partial charge in [-0.3, -0.25) is 9.52 Å². The maximum atomic E-state index is 12.1. The fraction of sp³-hybridized carbons (Fsp3) is 0.500. The van der Waals surface area contributed by atoms with Crippen molar-refractivity contribution < 1.29 is 13.2 Å². The quantitative estimate of drug-likeness (QED) is 0.761. The van der Waals surface area contributed by atoms with Gasteiger partial charge < -0.3 is 5.32 Å². The molecule has 0 heterocycles. The second-order valence-corrected chi connectivity index (χ2v) is 9.86. The van der Waals surface area contributed by atoms with Crippen LogP contribution in [0.25, 0.3) is 0 Å². The fourth-order valence-corrected chi connectivity index (χ4v) is 3.17. The van der Waals surface area contributed by atoms with Crippen molar-refractivity contribution in [3.05, 3.63) is 28.8 Å². The molecule has 0 fully saturated rings. The Hall–Kier alpha value is -0.920. The van der Waals surface area contributed by atoms with Gasteiger partial charge in [0.15, 0.2) is 0 Å². The van der Waals surface area contributed by atoms with E-state index in [1.54, 1.807) is 11.8 Å². The minimum Gasteiger partial charge on any atom is -0.351 e. The molecule has 5 nitrogen and oxygen atoms in total. The van der Waals surface area contributed by atoms with Gasteiger partial charge in [-0.15, -0.1) is 0 Å². The first-order chi connectivity index (χ1) is 9.98. The van der Waals surface area contributed by atoms with Crippen molar-refractivity contribution in [3.8, 4) is 0 Å². The Morgan fingerprint density at radius 2 is 1.95 bits per heavy atom. The summed E-state index contributed by atoms with van der Waals surface area (Å²) < 4.78 is 24.9. The molecule has 124 valence electrons. The van der Waals surface area contributed by atoms with Crippen LogP contribution in [-0.4, -0.2) is 37.6 Å². The van der Waals surface area contributed by atoms with E-state index in [2.05, 4.69) is 30.8 Å². The van der Waals surface area contributed by atoms with Gasteiger partial charge in [-0.2, -0.15) is 11.8 Å². The molecule has 1 aromatic carbocycles. The Morgan fingerprint density at radius 3 is 2.50 bits per heavy atom. The van der Waals surface area contributed by atoms with Crippen molar-refractivity contribution >= 4 is 45.0 Å². The van der Waals surface area contributed by atoms with Crippen LogP contribution in [0.4, 0.5) is 5.69 Å². The van der Waals surface area contributed by atoms with E-state index in [9.17, 15) is 13.2 Å². The van der Waals surface area contributed by atoms with Gasteiger partial charge in [0, 0.05) is 22.7 Å². The number of carbonyl (C=O) groups is 1. The van der Waals surface area contributed by atoms with Crippen LogP contribution in [-0.2, 0) is 10.0 Å². The lowest BCUT2D eigenvalue weighted by Crippen LogP contribution is -2.27. The van der Waals surface area contributed by atoms with Crippen LogP contribution in [0.1, 0.15) is 31.1 Å². The van der Waals surface area contributed by atoms with E-state index in [4.69, 9.17) is 11.6 Å². The molecule has 0 aromatic heterocycles. The van der Waals surface area contributed by atoms with Gasteiger partial charge in [0.25, 0.3) is 5.91 Å². The molecule has 0 bridgehead atoms. The maximum Gasteiger partial charge on any atom is 0.252 e. The lowest BCUT2D eigenvalue weighted by molar-refractivity contribution is 0.0956. The van der Waals surface area contributed by atoms with Gasteiger partial charge in [-0.1, -0.05) is 32.4 Å². The number of hydrogen-bond donors (Lipinski definition) is 2. The molecule has 0 saturated carbocycles. The van der Waals surface area contributed by atoms with Gasteiger partial charge in [0.05, 0.1) is 16.8 Å². The van der Waals surface area contributed by atoms with Gasteiger partial charge in [-0.25, -0.2) is 8.42 Å². The summed E-state index contributed by atoms with van der Waals surface area (Å²) in [6.07, 6.45) is 1.05. The molecule has 0 saturated heterocycles. The maximum absolute atomic E-state index is 12.1. The Kier molecular flexibility index (Phi) is 6.58. The molecule has 1 aromatic rings. The molecule has 8 heteroatoms. The zero-order chi connectivity index (χ0) is 17.0. The summed E-state index contributed by atoms with van der Waals surface area (Å²) in [4.78, 5) is 12.1. The summed E-state index contributed by atoms with van der Waals surface area (Å²) in [5.74, 6) is 0.463. The zero-order valence-corrected chi connectivity index (χ0v) is 15.5. The molecule has 1 rings (SSSR count). The molecule has 22 heavy (non-hydrogen) atoms. The number of nitrogens with one attached hydrogen (secondary N) is 2. The van der Waals surface area contributed by atoms with Crippen molar-refractivity contribution in [3.63, 3.8) is 0 Å². The molecule has 0 atom stereocenters. The van der Waals surface area contributed by atoms with Gasteiger partial charge in [0.1, 0.15) is 0 Å². The van der Waals surface area contributed by atoms with E-state index in [1.165, 1.54) is 18.2 Å². The summed E-state index contributed by atoms with van der Waals surface area (Å²) in [6.45, 7) is 6.84. The van der Waals surface area contributed by atoms with Crippen molar-refractivity contribution in [2.45, 2.75) is 25.5 Å². The van der Waals surface area contributed by atoms with Gasteiger partial charge >= 0.3 is 0 Å². The predicted molar refractivity (Wildman–Crippen MR) is 94.5 cm³/mol. The summed E-state index contributed by atoms with van der Waals surface area (Å²) in [5, 5.41) is 3.06. The number of rotatable bonds is 6. The SMILES string of the molecule is CC(C)(C)SCCNC(=O)c1cc(NS(C)(=O)=O)ccc1Cl. The van der Waals surface area contributed by atoms with Gasteiger partial charge in [0.2, 0.25) is 10.0 Å². The van der Waals surface area contributed by atoms with Crippen LogP contribution in [0.2, 0.25) is 5.02 Å². The average molecular weight is 365 g/mol. The van der Waals surface area contributed by atoms with E-state index >= 15 is 0 Å². The molecule has 1 amide bonds. The Labute approximate surface area is 141 Å². The molecule has 0 aliphatic heterocycles. The highest BCUT2D eigenvalue weighted by atomic mass is 35.5. The van der Waals surface area contributed by atoms with Crippen molar-refractivity contribution in [1.29, 1.82) is 0 Å². The first-order valence-corrected chi connectivity index (χ1v) is 9.93. The third-order valence-electron chi connectivity index (χ3n) is 2.44. The van der Waals surface area contributed by atoms with Crippen LogP contribution in [0, 0.1) is 0 Å². The van der Waals surface area contributed by atoms with Crippen LogP contribution in [0.5, 0.6) is 0 Å². The van der Waals surface area contributed by atoms with E-state index < -0.39 is 10.0 Å². The number of sulfonamides is 1. The van der Waals surface area contributed by atoms with Crippen LogP contribution in [0.15, 0.2) is 18.2 Å². The fourth-order valence-electron chi connectivity index (χ4n) is 1.59. The van der Waals surface area contributed by atoms with E-state index in [1.807, 2.05) is 0 Å². The number of thioether (sulfide) groups is 1. The molecule has 0 radical (unpaired) electrons. The molecule has 0 spiro atoms. The smallest absolute Gasteiger partial charge is 0.252 e. The lowest BCUT2D eigenvalue weighted by atomic mass is 10.2. The summed E-state index contributed by atoms with van der Waals surface area (Å²) >= 11 is 7.75. The second-order valence-electron chi connectivity index (χ2n) is 5.79. The minimum atomic E-state index is -3.40. The van der Waals surface area contributed by atoms with Crippen molar-refractivity contribution in [1.82, 2.24) is 5.32 Å². The Morgan fingerprint density at radius 1 is 1.32 bits per heavy atom. The molecule has 2 N–H and O–H groups in total. The summed E-state index contributed by atoms with van der Waals surface area (Å²) in [7, 11) is -3.40. The highest BCUT2D eigenvalue weighted by Gasteiger charge is 2.14. The van der Waals surface area contributed by atoms with E-state index in [0.717, 1.165) is 12.0 Å². The number of hydrogen-bond acceptors (Lipinski definition) is 4. The summed E-state index contributed by atoms with van der Waals surface area (Å²) in [5.41, 5.74) is 0.553. The topological polar surface area (TPSA) is 75.3 Å². The van der Waals surface area contributed by atoms with Crippen molar-refractivity contribution in [2.24, 2.45) is 0 Å². The molecule has 0 aliphatic carbocycles. The normalized spacial score (nSPS) is 12.0. The first kappa shape index (κ1) is 19.1. The molecule has 0 aliphatic rings. The third-order valence-corrected chi connectivity index (χ3v) is 4.65. The van der Waals surface area contributed by atoms with Crippen molar-refractivity contribution in [2.75, 3.05) is 23.3 Å². The lowest BCUT2D eigenvalue weighted by Gasteiger charge is -2.17. The number of benzene rings is 1. The number of anilines is 1. The number of amides is 1. The van der Waals surface area contributed by atoms with Crippen LogP contribution < -0.4 is 10.0 Å². The Bertz CT molecular complexity index is 640. The largest absolute Gasteiger partial charge is 0.351 e. The zero-order valence-electron chi connectivity index (χ0n) is 13.1. The molecule has 0 unspecified atom stereocenters. The number of carbonyl (C=O) groups excluding carboxylic acids is 1. The minimum absolute atomic E-state index is 0.141. The monoisotopic (exact) mass is 364 g/mol. The van der Waals surface area contributed by atoms with Crippen LogP contribution >= 0.6 is 23.4 Å². The Balaban J connectivity index is 2.70. The number of halogens is 1. The van der Waals surface area contributed by atoms with E-state index in [0.29, 0.717) is 12.2 Å². The average Bonchev–Trinajstić information content (AvgIpc) is 2.34. The predicted octanol–water partition coefficient (Wildman–Crippen LogP) is 2.97. The van der Waals surface area contributed by atoms with E-state index in [-0.39, 0.29) is 21.2 Å². The second kappa shape index (κ2) is 7.57. The molecular formula is C14H21ClN2O3S2. The van der Waals surface area contributed by atoms with Crippen LogP contribution in [0.3, 0.4) is 0 Å².